The van der Waals surface area contributed by atoms with Gasteiger partial charge in [0.25, 0.3) is 5.65 Å². The summed E-state index contributed by atoms with van der Waals surface area (Å²) >= 11 is 0. The molecule has 0 N–H and O–H groups in total. The molecule has 44 heavy (non-hydrogen) atoms. The highest BCUT2D eigenvalue weighted by Crippen LogP contribution is 2.52. The lowest BCUT2D eigenvalue weighted by atomic mass is 9.62. The summed E-state index contributed by atoms with van der Waals surface area (Å²) in [5, 5.41) is 3.50. The summed E-state index contributed by atoms with van der Waals surface area (Å²) in [6.45, 7) is 9.64. The predicted octanol–water partition coefficient (Wildman–Crippen LogP) is 11.2. The van der Waals surface area contributed by atoms with E-state index in [1.54, 1.807) is 6.07 Å². The summed E-state index contributed by atoms with van der Waals surface area (Å²) in [7, 11) is 0. The lowest BCUT2D eigenvalue weighted by molar-refractivity contribution is -0.750. The van der Waals surface area contributed by atoms with Crippen molar-refractivity contribution in [3.8, 4) is 11.3 Å². The molecule has 1 aliphatic heterocycles. The van der Waals surface area contributed by atoms with Crippen LogP contribution in [0, 0.1) is 5.82 Å². The highest BCUT2D eigenvalue weighted by molar-refractivity contribution is 6.13. The highest BCUT2D eigenvalue weighted by Gasteiger charge is 2.54. The van der Waals surface area contributed by atoms with Crippen molar-refractivity contribution in [3.63, 3.8) is 0 Å². The van der Waals surface area contributed by atoms with E-state index in [1.807, 2.05) is 6.07 Å². The SMILES string of the molecule is CCC1(C)c2cccc3c4cccc(F)c4n4c(-c5c(C6CCCCC6)cccc5C5CCCCC5)c[n+](c4c23)C1(C)CC. The van der Waals surface area contributed by atoms with E-state index in [-0.39, 0.29) is 16.8 Å². The second-order valence-corrected chi connectivity index (χ2v) is 14.7. The topological polar surface area (TPSA) is 8.29 Å². The smallest absolute Gasteiger partial charge is 0.223 e. The van der Waals surface area contributed by atoms with Gasteiger partial charge in [-0.15, -0.1) is 0 Å². The Morgan fingerprint density at radius 3 is 1.95 bits per heavy atom. The number of hydrogen-bond acceptors (Lipinski definition) is 0. The van der Waals surface area contributed by atoms with Crippen LogP contribution in [-0.4, -0.2) is 4.40 Å². The second-order valence-electron chi connectivity index (χ2n) is 14.7. The molecule has 2 fully saturated rings. The monoisotopic (exact) mass is 587 g/mol. The van der Waals surface area contributed by atoms with Crippen molar-refractivity contribution in [3.05, 3.63) is 83.3 Å². The van der Waals surface area contributed by atoms with Crippen LogP contribution in [0.1, 0.15) is 133 Å². The van der Waals surface area contributed by atoms with Crippen molar-refractivity contribution < 1.29 is 8.96 Å². The van der Waals surface area contributed by atoms with E-state index in [1.165, 1.54) is 109 Å². The maximum Gasteiger partial charge on any atom is 0.296 e. The fraction of sp³-hybridized carbons (Fsp3) is 0.488. The molecular weight excluding hydrogens is 539 g/mol. The number of rotatable bonds is 5. The van der Waals surface area contributed by atoms with Crippen molar-refractivity contribution in [1.82, 2.24) is 4.40 Å². The van der Waals surface area contributed by atoms with Crippen LogP contribution < -0.4 is 4.57 Å². The molecule has 3 aromatic carbocycles. The third kappa shape index (κ3) is 3.74. The maximum absolute atomic E-state index is 16.4. The molecule has 2 saturated carbocycles. The minimum Gasteiger partial charge on any atom is -0.223 e. The standard InChI is InChI=1S/C41H48FN2/c1-5-40(3)33-24-14-22-31-32-23-15-25-34(42)38(32)44-35(26-43(39(44)37(31)33)41(40,4)6-2)36-29(27-16-9-7-10-17-27)20-13-21-30(36)28-18-11-8-12-19-28/h13-15,20-28H,5-12,16-19H2,1-4H3/q+1. The van der Waals surface area contributed by atoms with Crippen LogP contribution in [0.15, 0.2) is 60.8 Å². The van der Waals surface area contributed by atoms with Crippen LogP contribution in [0.2, 0.25) is 0 Å². The second kappa shape index (κ2) is 10.4. The molecule has 2 nitrogen and oxygen atoms in total. The molecule has 2 unspecified atom stereocenters. The molecule has 0 saturated heterocycles. The quantitative estimate of drug-likeness (QED) is 0.143. The molecule has 3 heterocycles. The molecular formula is C41H48FN2+. The van der Waals surface area contributed by atoms with E-state index in [9.17, 15) is 0 Å². The Balaban J connectivity index is 1.58. The minimum absolute atomic E-state index is 0.0614. The number of halogens is 1. The number of hydrogen-bond donors (Lipinski definition) is 0. The first-order chi connectivity index (χ1) is 21.4. The zero-order valence-electron chi connectivity index (χ0n) is 27.2. The van der Waals surface area contributed by atoms with E-state index >= 15 is 4.39 Å². The van der Waals surface area contributed by atoms with Gasteiger partial charge in [-0.25, -0.2) is 8.96 Å². The summed E-state index contributed by atoms with van der Waals surface area (Å²) in [6.07, 6.45) is 17.5. The van der Waals surface area contributed by atoms with Crippen LogP contribution in [-0.2, 0) is 11.0 Å². The van der Waals surface area contributed by atoms with Crippen LogP contribution in [0.3, 0.4) is 0 Å². The van der Waals surface area contributed by atoms with Gasteiger partial charge in [-0.2, -0.15) is 4.40 Å². The average Bonchev–Trinajstić information content (AvgIpc) is 3.48. The van der Waals surface area contributed by atoms with E-state index < -0.39 is 0 Å². The maximum atomic E-state index is 16.4. The van der Waals surface area contributed by atoms with Gasteiger partial charge in [-0.1, -0.05) is 102 Å². The molecule has 8 rings (SSSR count). The summed E-state index contributed by atoms with van der Waals surface area (Å²) in [5.74, 6) is 1.00. The third-order valence-corrected chi connectivity index (χ3v) is 12.9. The Kier molecular flexibility index (Phi) is 6.70. The van der Waals surface area contributed by atoms with Crippen LogP contribution in [0.25, 0.3) is 38.6 Å². The van der Waals surface area contributed by atoms with Crippen molar-refractivity contribution >= 4 is 27.3 Å². The number of fused-ring (bicyclic) bond motifs is 3. The Morgan fingerprint density at radius 1 is 0.750 bits per heavy atom. The van der Waals surface area contributed by atoms with Crippen LogP contribution in [0.4, 0.5) is 4.39 Å². The predicted molar refractivity (Wildman–Crippen MR) is 181 cm³/mol. The van der Waals surface area contributed by atoms with Gasteiger partial charge in [-0.3, -0.25) is 0 Å². The zero-order chi connectivity index (χ0) is 30.2. The number of nitrogens with zero attached hydrogens (tertiary/aromatic N) is 2. The first-order valence-electron chi connectivity index (χ1n) is 17.7. The number of benzene rings is 3. The molecule has 0 radical (unpaired) electrons. The number of para-hydroxylation sites is 1. The van der Waals surface area contributed by atoms with Crippen molar-refractivity contribution in [2.45, 2.75) is 128 Å². The Hall–Kier alpha value is -3.20. The molecule has 0 amide bonds. The molecule has 3 heteroatoms. The lowest BCUT2D eigenvalue weighted by Gasteiger charge is -2.46. The normalized spacial score (nSPS) is 24.7. The van der Waals surface area contributed by atoms with E-state index in [0.717, 1.165) is 23.7 Å². The number of aromatic nitrogens is 2. The fourth-order valence-electron chi connectivity index (χ4n) is 9.99. The van der Waals surface area contributed by atoms with Gasteiger partial charge in [-0.05, 0) is 86.1 Å². The summed E-state index contributed by atoms with van der Waals surface area (Å²) in [6, 6.07) is 19.7. The largest absolute Gasteiger partial charge is 0.296 e. The molecule has 228 valence electrons. The highest BCUT2D eigenvalue weighted by atomic mass is 19.1. The van der Waals surface area contributed by atoms with Gasteiger partial charge in [0.15, 0.2) is 17.0 Å². The third-order valence-electron chi connectivity index (χ3n) is 12.9. The molecule has 0 spiro atoms. The summed E-state index contributed by atoms with van der Waals surface area (Å²) in [4.78, 5) is 0. The van der Waals surface area contributed by atoms with Gasteiger partial charge in [0, 0.05) is 21.8 Å². The van der Waals surface area contributed by atoms with E-state index in [4.69, 9.17) is 0 Å². The van der Waals surface area contributed by atoms with Gasteiger partial charge in [0.2, 0.25) is 0 Å². The van der Waals surface area contributed by atoms with Gasteiger partial charge < -0.3 is 0 Å². The Bertz CT molecular complexity index is 1870. The van der Waals surface area contributed by atoms with Crippen molar-refractivity contribution in [1.29, 1.82) is 0 Å². The summed E-state index contributed by atoms with van der Waals surface area (Å²) in [5.41, 5.74) is 8.73. The van der Waals surface area contributed by atoms with Crippen LogP contribution >= 0.6 is 0 Å². The minimum atomic E-state index is -0.156. The molecule has 5 aromatic rings. The Labute approximate surface area is 262 Å². The van der Waals surface area contributed by atoms with E-state index in [2.05, 4.69) is 85.3 Å². The first-order valence-corrected chi connectivity index (χ1v) is 17.7. The van der Waals surface area contributed by atoms with Gasteiger partial charge >= 0.3 is 0 Å². The molecule has 0 bridgehead atoms. The van der Waals surface area contributed by atoms with Gasteiger partial charge in [0.1, 0.15) is 11.7 Å². The van der Waals surface area contributed by atoms with Crippen molar-refractivity contribution in [2.24, 2.45) is 0 Å². The number of pyridine rings is 1. The molecule has 2 aliphatic carbocycles. The molecule has 2 atom stereocenters. The van der Waals surface area contributed by atoms with Gasteiger partial charge in [0.05, 0.1) is 5.39 Å². The Morgan fingerprint density at radius 2 is 1.34 bits per heavy atom. The zero-order valence-corrected chi connectivity index (χ0v) is 27.2. The van der Waals surface area contributed by atoms with E-state index in [0.29, 0.717) is 11.8 Å². The summed E-state index contributed by atoms with van der Waals surface area (Å²) < 4.78 is 21.4. The van der Waals surface area contributed by atoms with Crippen molar-refractivity contribution in [2.75, 3.05) is 0 Å². The first kappa shape index (κ1) is 28.3. The lowest BCUT2D eigenvalue weighted by Crippen LogP contribution is -2.65. The van der Waals surface area contributed by atoms with Crippen LogP contribution in [0.5, 0.6) is 0 Å². The fourth-order valence-corrected chi connectivity index (χ4v) is 9.99. The molecule has 2 aromatic heterocycles. The average molecular weight is 588 g/mol. The number of imidazole rings is 1. The molecule has 3 aliphatic rings.